The van der Waals surface area contributed by atoms with E-state index in [1.165, 1.54) is 0 Å². The Morgan fingerprint density at radius 2 is 2.00 bits per heavy atom. The lowest BCUT2D eigenvalue weighted by Crippen LogP contribution is -2.15. The molecule has 2 nitrogen and oxygen atoms in total. The van der Waals surface area contributed by atoms with Gasteiger partial charge in [0.2, 0.25) is 0 Å². The third kappa shape index (κ3) is 5.21. The average Bonchev–Trinajstić information content (AvgIpc) is 2.25. The van der Waals surface area contributed by atoms with Crippen LogP contribution >= 0.6 is 11.8 Å². The van der Waals surface area contributed by atoms with Crippen LogP contribution in [0.5, 0.6) is 0 Å². The summed E-state index contributed by atoms with van der Waals surface area (Å²) in [4.78, 5) is 0. The van der Waals surface area contributed by atoms with E-state index in [1.54, 1.807) is 11.8 Å². The van der Waals surface area contributed by atoms with Crippen LogP contribution in [0.4, 0.5) is 0 Å². The van der Waals surface area contributed by atoms with Gasteiger partial charge in [-0.2, -0.15) is 11.8 Å². The van der Waals surface area contributed by atoms with Crippen molar-refractivity contribution in [2.45, 2.75) is 25.5 Å². The summed E-state index contributed by atoms with van der Waals surface area (Å²) in [5, 5.41) is 9.83. The Kier molecular flexibility index (Phi) is 5.76. The van der Waals surface area contributed by atoms with E-state index in [-0.39, 0.29) is 12.1 Å². The molecule has 0 heterocycles. The lowest BCUT2D eigenvalue weighted by Gasteiger charge is -2.11. The van der Waals surface area contributed by atoms with Crippen molar-refractivity contribution < 1.29 is 5.11 Å². The number of rotatable bonds is 6. The SMILES string of the molecule is CC(N)CCSCC(O)c1ccccc1. The minimum atomic E-state index is -0.357. The fourth-order valence-electron chi connectivity index (χ4n) is 1.24. The van der Waals surface area contributed by atoms with Crippen LogP contribution in [0.2, 0.25) is 0 Å². The first-order chi connectivity index (χ1) is 7.20. The molecule has 1 rings (SSSR count). The minimum Gasteiger partial charge on any atom is -0.388 e. The maximum Gasteiger partial charge on any atom is 0.0880 e. The Balaban J connectivity index is 2.22. The van der Waals surface area contributed by atoms with E-state index in [1.807, 2.05) is 37.3 Å². The van der Waals surface area contributed by atoms with Crippen molar-refractivity contribution in [3.05, 3.63) is 35.9 Å². The molecule has 0 aliphatic rings. The highest BCUT2D eigenvalue weighted by Gasteiger charge is 2.06. The van der Waals surface area contributed by atoms with Crippen molar-refractivity contribution in [3.63, 3.8) is 0 Å². The Labute approximate surface area is 95.9 Å². The van der Waals surface area contributed by atoms with Gasteiger partial charge in [-0.15, -0.1) is 0 Å². The summed E-state index contributed by atoms with van der Waals surface area (Å²) in [6.07, 6.45) is 0.649. The summed E-state index contributed by atoms with van der Waals surface area (Å²) < 4.78 is 0. The van der Waals surface area contributed by atoms with Crippen LogP contribution in [0.1, 0.15) is 25.0 Å². The van der Waals surface area contributed by atoms with Gasteiger partial charge in [0.05, 0.1) is 6.10 Å². The molecule has 2 atom stereocenters. The number of aliphatic hydroxyl groups excluding tert-OH is 1. The lowest BCUT2D eigenvalue weighted by atomic mass is 10.1. The van der Waals surface area contributed by atoms with Crippen molar-refractivity contribution in [3.8, 4) is 0 Å². The van der Waals surface area contributed by atoms with Crippen LogP contribution in [0.25, 0.3) is 0 Å². The number of benzene rings is 1. The summed E-state index contributed by atoms with van der Waals surface area (Å²) in [6, 6.07) is 10.0. The van der Waals surface area contributed by atoms with E-state index in [0.717, 1.165) is 23.5 Å². The molecule has 1 aromatic rings. The summed E-state index contributed by atoms with van der Waals surface area (Å²) in [5.41, 5.74) is 6.64. The van der Waals surface area contributed by atoms with Gasteiger partial charge in [0, 0.05) is 11.8 Å². The largest absolute Gasteiger partial charge is 0.388 e. The molecule has 1 aromatic carbocycles. The van der Waals surface area contributed by atoms with Crippen molar-refractivity contribution in [2.24, 2.45) is 5.73 Å². The number of thioether (sulfide) groups is 1. The highest BCUT2D eigenvalue weighted by atomic mass is 32.2. The van der Waals surface area contributed by atoms with Crippen LogP contribution < -0.4 is 5.73 Å². The van der Waals surface area contributed by atoms with Gasteiger partial charge in [0.25, 0.3) is 0 Å². The van der Waals surface area contributed by atoms with Gasteiger partial charge in [-0.1, -0.05) is 30.3 Å². The van der Waals surface area contributed by atoms with Gasteiger partial charge in [0.1, 0.15) is 0 Å². The van der Waals surface area contributed by atoms with E-state index >= 15 is 0 Å². The van der Waals surface area contributed by atoms with Gasteiger partial charge < -0.3 is 10.8 Å². The Morgan fingerprint density at radius 1 is 1.33 bits per heavy atom. The van der Waals surface area contributed by atoms with Gasteiger partial charge in [-0.05, 0) is 24.7 Å². The predicted molar refractivity (Wildman–Crippen MR) is 67.0 cm³/mol. The second kappa shape index (κ2) is 6.88. The second-order valence-electron chi connectivity index (χ2n) is 3.77. The Bertz CT molecular complexity index is 264. The van der Waals surface area contributed by atoms with E-state index in [0.29, 0.717) is 0 Å². The number of hydrogen-bond acceptors (Lipinski definition) is 3. The number of hydrogen-bond donors (Lipinski definition) is 2. The molecular formula is C12H19NOS. The standard InChI is InChI=1S/C12H19NOS/c1-10(13)7-8-15-9-12(14)11-5-3-2-4-6-11/h2-6,10,12,14H,7-9,13H2,1H3. The molecule has 0 saturated heterocycles. The molecule has 0 amide bonds. The summed E-state index contributed by atoms with van der Waals surface area (Å²) >= 11 is 1.75. The van der Waals surface area contributed by atoms with Crippen molar-refractivity contribution >= 4 is 11.8 Å². The lowest BCUT2D eigenvalue weighted by molar-refractivity contribution is 0.204. The van der Waals surface area contributed by atoms with Crippen LogP contribution in [-0.4, -0.2) is 22.7 Å². The fourth-order valence-corrected chi connectivity index (χ4v) is 2.36. The molecule has 3 heteroatoms. The summed E-state index contributed by atoms with van der Waals surface area (Å²) in [7, 11) is 0. The quantitative estimate of drug-likeness (QED) is 0.730. The Morgan fingerprint density at radius 3 is 2.60 bits per heavy atom. The molecule has 0 aliphatic carbocycles. The van der Waals surface area contributed by atoms with Gasteiger partial charge in [-0.25, -0.2) is 0 Å². The average molecular weight is 225 g/mol. The molecule has 0 spiro atoms. The number of aliphatic hydroxyl groups is 1. The third-order valence-corrected chi connectivity index (χ3v) is 3.25. The zero-order valence-electron chi connectivity index (χ0n) is 9.10. The highest BCUT2D eigenvalue weighted by Crippen LogP contribution is 2.18. The van der Waals surface area contributed by atoms with Gasteiger partial charge >= 0.3 is 0 Å². The molecule has 3 N–H and O–H groups in total. The molecule has 0 fully saturated rings. The van der Waals surface area contributed by atoms with E-state index in [2.05, 4.69) is 0 Å². The van der Waals surface area contributed by atoms with Gasteiger partial charge in [-0.3, -0.25) is 0 Å². The molecule has 0 radical (unpaired) electrons. The van der Waals surface area contributed by atoms with Crippen LogP contribution in [-0.2, 0) is 0 Å². The minimum absolute atomic E-state index is 0.256. The van der Waals surface area contributed by atoms with Crippen LogP contribution in [0, 0.1) is 0 Å². The van der Waals surface area contributed by atoms with Crippen molar-refractivity contribution in [1.82, 2.24) is 0 Å². The first kappa shape index (κ1) is 12.6. The van der Waals surface area contributed by atoms with Gasteiger partial charge in [0.15, 0.2) is 0 Å². The summed E-state index contributed by atoms with van der Waals surface area (Å²) in [5.74, 6) is 1.76. The smallest absolute Gasteiger partial charge is 0.0880 e. The summed E-state index contributed by atoms with van der Waals surface area (Å²) in [6.45, 7) is 2.01. The predicted octanol–water partition coefficient (Wildman–Crippen LogP) is 2.19. The first-order valence-electron chi connectivity index (χ1n) is 5.26. The van der Waals surface area contributed by atoms with Crippen LogP contribution in [0.3, 0.4) is 0 Å². The molecule has 0 bridgehead atoms. The fraction of sp³-hybridized carbons (Fsp3) is 0.500. The zero-order chi connectivity index (χ0) is 11.1. The zero-order valence-corrected chi connectivity index (χ0v) is 9.91. The first-order valence-corrected chi connectivity index (χ1v) is 6.42. The van der Waals surface area contributed by atoms with E-state index < -0.39 is 0 Å². The molecule has 15 heavy (non-hydrogen) atoms. The third-order valence-electron chi connectivity index (χ3n) is 2.18. The monoisotopic (exact) mass is 225 g/mol. The molecule has 0 aliphatic heterocycles. The highest BCUT2D eigenvalue weighted by molar-refractivity contribution is 7.99. The van der Waals surface area contributed by atoms with Crippen molar-refractivity contribution in [2.75, 3.05) is 11.5 Å². The van der Waals surface area contributed by atoms with Crippen molar-refractivity contribution in [1.29, 1.82) is 0 Å². The molecule has 0 aromatic heterocycles. The topological polar surface area (TPSA) is 46.2 Å². The van der Waals surface area contributed by atoms with E-state index in [9.17, 15) is 5.11 Å². The normalized spacial score (nSPS) is 14.9. The maximum atomic E-state index is 9.83. The maximum absolute atomic E-state index is 9.83. The second-order valence-corrected chi connectivity index (χ2v) is 4.92. The van der Waals surface area contributed by atoms with E-state index in [4.69, 9.17) is 5.73 Å². The Hall–Kier alpha value is -0.510. The molecular weight excluding hydrogens is 206 g/mol. The molecule has 84 valence electrons. The molecule has 2 unspecified atom stereocenters. The van der Waals surface area contributed by atoms with Crippen LogP contribution in [0.15, 0.2) is 30.3 Å². The molecule has 0 saturated carbocycles. The number of nitrogens with two attached hydrogens (primary N) is 1.